The second-order valence-corrected chi connectivity index (χ2v) is 19.5. The summed E-state index contributed by atoms with van der Waals surface area (Å²) >= 11 is 1.73. The van der Waals surface area contributed by atoms with Gasteiger partial charge in [0.1, 0.15) is 36.0 Å². The Hall–Kier alpha value is -8.79. The van der Waals surface area contributed by atoms with Gasteiger partial charge in [0.15, 0.2) is 5.96 Å². The number of hydrogen-bond donors (Lipinski definition) is 14. The minimum Gasteiger partial charge on any atom is -0.642 e. The number of esters is 1. The number of rotatable bonds is 29. The first-order valence-corrected chi connectivity index (χ1v) is 27.7. The number of hydrogen-bond acceptors (Lipinski definition) is 21. The number of amides is 7. The summed E-state index contributed by atoms with van der Waals surface area (Å²) in [6.07, 6.45) is 4.53. The number of aliphatic imine (C=N–C) groups is 1. The minimum absolute atomic E-state index is 0.0656. The van der Waals surface area contributed by atoms with Crippen LogP contribution in [0.4, 0.5) is 5.82 Å². The van der Waals surface area contributed by atoms with Crippen molar-refractivity contribution in [3.8, 4) is 5.75 Å². The zero-order chi connectivity index (χ0) is 65.6. The molecule has 1 aliphatic heterocycles. The van der Waals surface area contributed by atoms with Crippen LogP contribution in [-0.4, -0.2) is 210 Å². The second-order valence-electron chi connectivity index (χ2n) is 19.1. The number of aliphatic hydroxyl groups excluding tert-OH is 3. The van der Waals surface area contributed by atoms with Crippen LogP contribution in [0.3, 0.4) is 0 Å². The number of carboxylic acid groups (broad SMARTS) is 2. The van der Waals surface area contributed by atoms with E-state index in [-0.39, 0.29) is 63.2 Å². The molecule has 34 nitrogen and oxygen atoms in total. The maximum atomic E-state index is 13.8. The molecule has 1 fully saturated rings. The van der Waals surface area contributed by atoms with E-state index in [1.807, 2.05) is 0 Å². The second kappa shape index (κ2) is 41.3. The quantitative estimate of drug-likeness (QED) is 0.00467. The van der Waals surface area contributed by atoms with Gasteiger partial charge < -0.3 is 79.0 Å². The molecule has 1 saturated heterocycles. The van der Waals surface area contributed by atoms with Gasteiger partial charge in [0, 0.05) is 57.2 Å². The summed E-state index contributed by atoms with van der Waals surface area (Å²) in [4.78, 5) is 145. The molecule has 0 spiro atoms. The van der Waals surface area contributed by atoms with E-state index < -0.39 is 128 Å². The molecule has 4 rings (SSSR count). The fraction of sp³-hybridized carbons (Fsp3) is 0.491. The van der Waals surface area contributed by atoms with Gasteiger partial charge in [-0.2, -0.15) is 0 Å². The Morgan fingerprint density at radius 1 is 0.807 bits per heavy atom. The van der Waals surface area contributed by atoms with Crippen molar-refractivity contribution in [3.63, 3.8) is 0 Å². The molecule has 1 aliphatic rings. The Morgan fingerprint density at radius 2 is 1.47 bits per heavy atom. The van der Waals surface area contributed by atoms with E-state index in [0.717, 1.165) is 0 Å². The van der Waals surface area contributed by atoms with Gasteiger partial charge in [0.25, 0.3) is 11.9 Å². The summed E-state index contributed by atoms with van der Waals surface area (Å²) in [6, 6.07) is 6.82. The van der Waals surface area contributed by atoms with E-state index >= 15 is 0 Å². The number of aliphatic carboxylic acids is 2. The summed E-state index contributed by atoms with van der Waals surface area (Å²) in [5.41, 5.74) is 10.7. The number of aromatic nitrogens is 2. The van der Waals surface area contributed by atoms with E-state index in [4.69, 9.17) is 36.6 Å². The number of carbonyl (C=O) groups excluding carboxylic acids is 8. The van der Waals surface area contributed by atoms with Gasteiger partial charge >= 0.3 is 114 Å². The average molecular weight is 1320 g/mol. The predicted octanol–water partition coefficient (Wildman–Crippen LogP) is -3.56. The van der Waals surface area contributed by atoms with Crippen LogP contribution in [-0.2, 0) is 78.0 Å². The number of methoxy groups -OCH3 is 1. The van der Waals surface area contributed by atoms with Crippen molar-refractivity contribution in [1.29, 1.82) is 0 Å². The summed E-state index contributed by atoms with van der Waals surface area (Å²) < 4.78 is 14.0. The molecule has 5 atom stereocenters. The molecule has 483 valence electrons. The van der Waals surface area contributed by atoms with Gasteiger partial charge in [0.2, 0.25) is 29.5 Å². The van der Waals surface area contributed by atoms with Crippen molar-refractivity contribution >= 4 is 71.0 Å². The van der Waals surface area contributed by atoms with Crippen LogP contribution < -0.4 is 56.8 Å². The van der Waals surface area contributed by atoms with Crippen molar-refractivity contribution in [2.75, 3.05) is 73.4 Å². The van der Waals surface area contributed by atoms with Gasteiger partial charge in [-0.1, -0.05) is 31.5 Å². The van der Waals surface area contributed by atoms with E-state index in [0.29, 0.717) is 41.2 Å². The van der Waals surface area contributed by atoms with E-state index in [1.165, 1.54) is 32.8 Å². The molecule has 1 unspecified atom stereocenters. The number of carboxylic acids is 2. The predicted molar refractivity (Wildman–Crippen MR) is 304 cm³/mol. The molecule has 0 bridgehead atoms. The SMILES string of the molecule is CC(C)[C@@H]1NC(=O)[C@@H](Cc2ccc(OCCCNC(=O)c3ccc(N=[N+]=[Tc])nc3)cc2)NC(=O)[C@H](CC(=O)O)NC(=O)CNC(=O)[C@H](CCCN=C(N)N)NC1=O.COOCCC(NC(=O)c1ccncc1)C(=O)OC.O=C(O)C[N-]C(CO)(CO)CO. The Labute approximate surface area is 515 Å². The largest absolute Gasteiger partial charge is 0.642 e. The average Bonchev–Trinajstić information content (AvgIpc) is 3.60. The number of nitrogens with one attached hydrogen (secondary N) is 7. The van der Waals surface area contributed by atoms with Crippen LogP contribution in [0, 0.1) is 5.92 Å². The van der Waals surface area contributed by atoms with Crippen LogP contribution in [0.2, 0.25) is 0 Å². The molecular formula is C53H75N15O19Tc. The third-order valence-corrected chi connectivity index (χ3v) is 12.3. The van der Waals surface area contributed by atoms with Gasteiger partial charge in [-0.25, -0.2) is 14.6 Å². The summed E-state index contributed by atoms with van der Waals surface area (Å²) in [5.74, 6) is -7.64. The van der Waals surface area contributed by atoms with Crippen LogP contribution >= 0.6 is 0 Å². The molecule has 35 heteroatoms. The zero-order valence-electron chi connectivity index (χ0n) is 48.6. The van der Waals surface area contributed by atoms with Crippen LogP contribution in [0.1, 0.15) is 72.2 Å². The van der Waals surface area contributed by atoms with Gasteiger partial charge in [-0.15, -0.1) is 0 Å². The molecule has 0 saturated carbocycles. The number of aliphatic hydroxyl groups is 3. The number of benzene rings is 1. The Morgan fingerprint density at radius 3 is 2.03 bits per heavy atom. The van der Waals surface area contributed by atoms with Gasteiger partial charge in [0.05, 0.1) is 33.8 Å². The number of pyridine rings is 2. The van der Waals surface area contributed by atoms with E-state index in [1.54, 1.807) is 81.1 Å². The van der Waals surface area contributed by atoms with Crippen LogP contribution in [0.15, 0.2) is 77.2 Å². The first-order chi connectivity index (χ1) is 41.9. The van der Waals surface area contributed by atoms with Crippen molar-refractivity contribution in [2.45, 2.75) is 88.1 Å². The third-order valence-electron chi connectivity index (χ3n) is 12.1. The fourth-order valence-electron chi connectivity index (χ4n) is 7.29. The normalized spacial score (nSPS) is 16.5. The number of guanidine groups is 1. The topological polar surface area (TPSA) is 524 Å². The zero-order valence-corrected chi connectivity index (χ0v) is 50.4. The molecule has 2 aromatic heterocycles. The molecule has 88 heavy (non-hydrogen) atoms. The fourth-order valence-corrected chi connectivity index (χ4v) is 7.48. The third kappa shape index (κ3) is 29.1. The number of nitrogens with zero attached hydrogens (tertiary/aromatic N) is 6. The minimum atomic E-state index is -1.61. The molecule has 3 heterocycles. The van der Waals surface area contributed by atoms with E-state index in [2.05, 4.69) is 80.5 Å². The van der Waals surface area contributed by atoms with Crippen LogP contribution in [0.5, 0.6) is 5.75 Å². The summed E-state index contributed by atoms with van der Waals surface area (Å²) in [7, 11) is 2.62. The molecular weight excluding hydrogens is 1250 g/mol. The number of carbonyl (C=O) groups is 10. The first kappa shape index (κ1) is 75.3. The maximum absolute atomic E-state index is 13.8. The monoisotopic (exact) mass is 1320 g/mol. The molecule has 1 aromatic carbocycles. The molecule has 0 radical (unpaired) electrons. The first-order valence-electron chi connectivity index (χ1n) is 26.9. The molecule has 3 aromatic rings. The van der Waals surface area contributed by atoms with Crippen molar-refractivity contribution in [2.24, 2.45) is 27.5 Å². The van der Waals surface area contributed by atoms with Gasteiger partial charge in [-0.05, 0) is 55.1 Å². The smallest absolute Gasteiger partial charge is 0.328 e. The number of ether oxygens (including phenoxy) is 2. The van der Waals surface area contributed by atoms with E-state index in [9.17, 15) is 53.1 Å². The maximum Gasteiger partial charge on any atom is 0.328 e. The van der Waals surface area contributed by atoms with Crippen LogP contribution in [0.25, 0.3) is 5.32 Å². The molecule has 0 aliphatic carbocycles. The van der Waals surface area contributed by atoms with Crippen molar-refractivity contribution in [3.05, 3.63) is 89.1 Å². The Bertz CT molecular complexity index is 2820. The Balaban J connectivity index is 0.000000689. The van der Waals surface area contributed by atoms with Crippen molar-refractivity contribution in [1.82, 2.24) is 50.6 Å². The summed E-state index contributed by atoms with van der Waals surface area (Å²) in [6.45, 7) is 1.34. The Kier molecular flexibility index (Phi) is 35.4. The number of nitrogens with two attached hydrogens (primary N) is 2. The van der Waals surface area contributed by atoms with Gasteiger partial charge in [-0.3, -0.25) is 48.3 Å². The van der Waals surface area contributed by atoms with Crippen molar-refractivity contribution < 1.29 is 111 Å². The molecule has 7 amide bonds. The standard InChI is InChI=1S/C35H47N12O9.C12H16N2O5.C6H12NO5.Tc/c1-19(2)29-34(55)44-23(5-3-12-40-35(36)37)31(52)42-18-27(48)43-25(16-28(49)50)32(53)45-24(33(54)46-29)15-20-6-9-22(10-7-20)56-14-4-13-39-30(51)21-8-11-26(47-38)41-17-21;1-17-12(16)10(5-8-19-18-2)14-11(15)9-3-6-13-7-4-9;8-2-6(3-9,4-10)7-1-5(11)12;/h6-11,17,19,23-25,29H,3-5,12-16,18H2,1-2H3,(H,39,51)(H,42,52)(H,43,48)(H,44,55)(H,45,53)(H,46,54)(H,49,50)(H4,36,37,40);3-4,6-7,10H,5,8H2,1-2H3,(H,14,15);8-10H,1-4H2,(H,11,12);/q-1;;-1;+2/t23-,24+,25-,29-;;;/m0.../s1. The summed E-state index contributed by atoms with van der Waals surface area (Å²) in [5, 5.41) is 68.9. The molecule has 16 N–H and O–H groups in total.